The van der Waals surface area contributed by atoms with Gasteiger partial charge < -0.3 is 9.84 Å². The average molecular weight is 226 g/mol. The van der Waals surface area contributed by atoms with E-state index in [-0.39, 0.29) is 12.2 Å². The molecule has 1 rings (SSSR count). The highest BCUT2D eigenvalue weighted by Gasteiger charge is 2.22. The topological polar surface area (TPSA) is 29.5 Å². The lowest BCUT2D eigenvalue weighted by molar-refractivity contribution is -0.0472. The van der Waals surface area contributed by atoms with Crippen molar-refractivity contribution in [2.24, 2.45) is 0 Å². The summed E-state index contributed by atoms with van der Waals surface area (Å²) in [4.78, 5) is 0. The molecule has 1 aliphatic carbocycles. The van der Waals surface area contributed by atoms with Gasteiger partial charge >= 0.3 is 0 Å². The Kier molecular flexibility index (Phi) is 4.84. The van der Waals surface area contributed by atoms with Crippen molar-refractivity contribution >= 4 is 8.07 Å². The molecule has 0 aromatic rings. The molecule has 15 heavy (non-hydrogen) atoms. The Bertz CT molecular complexity index is 247. The van der Waals surface area contributed by atoms with E-state index in [9.17, 15) is 5.11 Å². The van der Waals surface area contributed by atoms with Crippen LogP contribution in [0.3, 0.4) is 0 Å². The lowest BCUT2D eigenvalue weighted by Crippen LogP contribution is -2.32. The highest BCUT2D eigenvalue weighted by Crippen LogP contribution is 2.20. The van der Waals surface area contributed by atoms with Crippen LogP contribution in [-0.4, -0.2) is 32.0 Å². The lowest BCUT2D eigenvalue weighted by Gasteiger charge is -2.26. The van der Waals surface area contributed by atoms with E-state index in [2.05, 4.69) is 31.1 Å². The highest BCUT2D eigenvalue weighted by atomic mass is 28.3. The van der Waals surface area contributed by atoms with Gasteiger partial charge in [-0.15, -0.1) is 5.54 Å². The quantitative estimate of drug-likeness (QED) is 0.578. The lowest BCUT2D eigenvalue weighted by atomic mass is 9.95. The normalized spacial score (nSPS) is 26.9. The van der Waals surface area contributed by atoms with E-state index >= 15 is 0 Å². The van der Waals surface area contributed by atoms with E-state index in [4.69, 9.17) is 4.74 Å². The third-order valence-electron chi connectivity index (χ3n) is 2.50. The third kappa shape index (κ3) is 5.36. The van der Waals surface area contributed by atoms with Crippen LogP contribution in [0.25, 0.3) is 0 Å². The number of aliphatic hydroxyl groups excluding tert-OH is 1. The zero-order valence-electron chi connectivity index (χ0n) is 10.0. The van der Waals surface area contributed by atoms with Gasteiger partial charge in [0.15, 0.2) is 0 Å². The van der Waals surface area contributed by atoms with Crippen molar-refractivity contribution in [1.82, 2.24) is 0 Å². The fourth-order valence-corrected chi connectivity index (χ4v) is 2.32. The molecular weight excluding hydrogens is 204 g/mol. The fraction of sp³-hybridized carbons (Fsp3) is 0.833. The van der Waals surface area contributed by atoms with Crippen molar-refractivity contribution in [3.8, 4) is 11.5 Å². The van der Waals surface area contributed by atoms with E-state index in [1.165, 1.54) is 6.42 Å². The minimum absolute atomic E-state index is 0.0229. The first-order valence-electron chi connectivity index (χ1n) is 5.79. The van der Waals surface area contributed by atoms with Crippen molar-refractivity contribution in [1.29, 1.82) is 0 Å². The van der Waals surface area contributed by atoms with Crippen LogP contribution >= 0.6 is 0 Å². The molecule has 1 aliphatic rings. The number of aliphatic hydroxyl groups is 1. The molecule has 0 spiro atoms. The molecule has 1 fully saturated rings. The number of ether oxygens (including phenoxy) is 1. The fourth-order valence-electron chi connectivity index (χ4n) is 1.72. The minimum atomic E-state index is -1.26. The molecule has 0 heterocycles. The van der Waals surface area contributed by atoms with Gasteiger partial charge in [0.05, 0.1) is 12.2 Å². The van der Waals surface area contributed by atoms with Crippen molar-refractivity contribution in [2.75, 3.05) is 6.61 Å². The summed E-state index contributed by atoms with van der Waals surface area (Å²) in [6.07, 6.45) is 3.91. The molecule has 0 aromatic carbocycles. The summed E-state index contributed by atoms with van der Waals surface area (Å²) in [5.41, 5.74) is 3.26. The predicted octanol–water partition coefficient (Wildman–Crippen LogP) is 2.19. The molecule has 86 valence electrons. The first-order chi connectivity index (χ1) is 6.99. The Morgan fingerprint density at radius 2 is 1.93 bits per heavy atom. The monoisotopic (exact) mass is 226 g/mol. The van der Waals surface area contributed by atoms with Crippen molar-refractivity contribution in [3.63, 3.8) is 0 Å². The molecule has 0 radical (unpaired) electrons. The second-order valence-corrected chi connectivity index (χ2v) is 10.0. The number of rotatable bonds is 2. The van der Waals surface area contributed by atoms with Gasteiger partial charge in [0.2, 0.25) is 0 Å². The van der Waals surface area contributed by atoms with Gasteiger partial charge in [0.25, 0.3) is 0 Å². The van der Waals surface area contributed by atoms with Gasteiger partial charge in [0.1, 0.15) is 14.7 Å². The van der Waals surface area contributed by atoms with E-state index in [1.54, 1.807) is 0 Å². The van der Waals surface area contributed by atoms with E-state index in [0.717, 1.165) is 19.3 Å². The summed E-state index contributed by atoms with van der Waals surface area (Å²) >= 11 is 0. The molecular formula is C12H22O2Si. The molecule has 0 amide bonds. The molecule has 0 aliphatic heterocycles. The molecule has 2 unspecified atom stereocenters. The van der Waals surface area contributed by atoms with E-state index in [1.807, 2.05) is 0 Å². The van der Waals surface area contributed by atoms with Crippen LogP contribution in [0.1, 0.15) is 25.7 Å². The molecule has 2 nitrogen and oxygen atoms in total. The summed E-state index contributed by atoms with van der Waals surface area (Å²) in [6.45, 7) is 7.13. The smallest absolute Gasteiger partial charge is 0.129 e. The van der Waals surface area contributed by atoms with Gasteiger partial charge in [-0.2, -0.15) is 0 Å². The first-order valence-corrected chi connectivity index (χ1v) is 9.29. The summed E-state index contributed by atoms with van der Waals surface area (Å²) in [5, 5.41) is 9.66. The van der Waals surface area contributed by atoms with Crippen molar-refractivity contribution < 1.29 is 9.84 Å². The second-order valence-electron chi connectivity index (χ2n) is 5.25. The molecule has 2 atom stereocenters. The number of hydrogen-bond donors (Lipinski definition) is 1. The zero-order valence-corrected chi connectivity index (χ0v) is 11.0. The average Bonchev–Trinajstić information content (AvgIpc) is 2.13. The Balaban J connectivity index is 2.26. The van der Waals surface area contributed by atoms with Gasteiger partial charge in [-0.05, 0) is 12.8 Å². The van der Waals surface area contributed by atoms with E-state index in [0.29, 0.717) is 6.61 Å². The van der Waals surface area contributed by atoms with Gasteiger partial charge in [-0.3, -0.25) is 0 Å². The maximum atomic E-state index is 9.66. The molecule has 0 saturated heterocycles. The summed E-state index contributed by atoms with van der Waals surface area (Å²) in [7, 11) is -1.26. The molecule has 0 bridgehead atoms. The zero-order chi connectivity index (χ0) is 11.3. The summed E-state index contributed by atoms with van der Waals surface area (Å²) in [6, 6.07) is 0. The molecule has 1 N–H and O–H groups in total. The molecule has 1 saturated carbocycles. The van der Waals surface area contributed by atoms with Crippen molar-refractivity contribution in [3.05, 3.63) is 0 Å². The summed E-state index contributed by atoms with van der Waals surface area (Å²) < 4.78 is 5.59. The third-order valence-corrected chi connectivity index (χ3v) is 3.43. The Morgan fingerprint density at radius 3 is 2.53 bits per heavy atom. The minimum Gasteiger partial charge on any atom is -0.390 e. The van der Waals surface area contributed by atoms with Crippen LogP contribution in [0.5, 0.6) is 0 Å². The van der Waals surface area contributed by atoms with E-state index < -0.39 is 8.07 Å². The molecule has 0 aromatic heterocycles. The van der Waals surface area contributed by atoms with Gasteiger partial charge in [0, 0.05) is 0 Å². The first kappa shape index (κ1) is 12.8. The van der Waals surface area contributed by atoms with Gasteiger partial charge in [-0.25, -0.2) is 0 Å². The Morgan fingerprint density at radius 1 is 1.27 bits per heavy atom. The standard InChI is InChI=1S/C12H22O2Si/c1-15(2,3)10-6-9-14-12-8-5-4-7-11(12)13/h11-13H,4-5,7-9H2,1-3H3. The van der Waals surface area contributed by atoms with Crippen LogP contribution in [0.2, 0.25) is 19.6 Å². The van der Waals surface area contributed by atoms with Crippen LogP contribution in [-0.2, 0) is 4.74 Å². The Hall–Kier alpha value is -0.303. The predicted molar refractivity (Wildman–Crippen MR) is 65.3 cm³/mol. The largest absolute Gasteiger partial charge is 0.390 e. The Labute approximate surface area is 94.0 Å². The van der Waals surface area contributed by atoms with Crippen LogP contribution in [0.4, 0.5) is 0 Å². The molecule has 3 heteroatoms. The summed E-state index contributed by atoms with van der Waals surface area (Å²) in [5.74, 6) is 3.07. The van der Waals surface area contributed by atoms with Gasteiger partial charge in [-0.1, -0.05) is 38.4 Å². The maximum Gasteiger partial charge on any atom is 0.129 e. The van der Waals surface area contributed by atoms with Crippen LogP contribution < -0.4 is 0 Å². The van der Waals surface area contributed by atoms with Crippen LogP contribution in [0, 0.1) is 11.5 Å². The van der Waals surface area contributed by atoms with Crippen molar-refractivity contribution in [2.45, 2.75) is 57.5 Å². The second kappa shape index (κ2) is 5.69. The van der Waals surface area contributed by atoms with Crippen LogP contribution in [0.15, 0.2) is 0 Å². The number of hydrogen-bond acceptors (Lipinski definition) is 2. The SMILES string of the molecule is C[Si](C)(C)C#CCOC1CCCCC1O. The maximum absolute atomic E-state index is 9.66. The highest BCUT2D eigenvalue weighted by molar-refractivity contribution is 6.83.